The summed E-state index contributed by atoms with van der Waals surface area (Å²) in [4.78, 5) is 11.9. The first-order valence-electron chi connectivity index (χ1n) is 6.18. The monoisotopic (exact) mass is 267 g/mol. The number of anilines is 1. The first-order chi connectivity index (χ1) is 8.40. The van der Waals surface area contributed by atoms with E-state index in [0.29, 0.717) is 16.5 Å². The van der Waals surface area contributed by atoms with Gasteiger partial charge in [-0.25, -0.2) is 0 Å². The molecule has 0 spiro atoms. The minimum atomic E-state index is -0.181. The van der Waals surface area contributed by atoms with Crippen molar-refractivity contribution in [3.05, 3.63) is 23.2 Å². The Hall–Kier alpha value is -1.22. The van der Waals surface area contributed by atoms with Gasteiger partial charge in [0.2, 0.25) is 5.91 Å². The van der Waals surface area contributed by atoms with Gasteiger partial charge >= 0.3 is 0 Å². The van der Waals surface area contributed by atoms with Crippen LogP contribution < -0.4 is 10.1 Å². The molecule has 4 heteroatoms. The number of ether oxygens (including phenoxy) is 1. The zero-order valence-electron chi connectivity index (χ0n) is 10.9. The van der Waals surface area contributed by atoms with Crippen LogP contribution in [-0.4, -0.2) is 12.0 Å². The van der Waals surface area contributed by atoms with Crippen LogP contribution in [0.2, 0.25) is 5.02 Å². The molecular formula is C14H18ClNO2. The first-order valence-corrected chi connectivity index (χ1v) is 6.56. The lowest BCUT2D eigenvalue weighted by Gasteiger charge is -2.14. The highest BCUT2D eigenvalue weighted by Gasteiger charge is 2.44. The maximum Gasteiger partial charge on any atom is 0.230 e. The molecule has 0 unspecified atom stereocenters. The van der Waals surface area contributed by atoms with Gasteiger partial charge in [-0.1, -0.05) is 18.5 Å². The highest BCUT2D eigenvalue weighted by Crippen LogP contribution is 2.45. The SMILES string of the molecule is CC(C)Oc1ccc(NC(=O)C2(C)CC2)cc1Cl. The largest absolute Gasteiger partial charge is 0.489 e. The third-order valence-electron chi connectivity index (χ3n) is 3.10. The molecule has 0 saturated heterocycles. The summed E-state index contributed by atoms with van der Waals surface area (Å²) in [6.45, 7) is 5.86. The Morgan fingerprint density at radius 1 is 1.44 bits per heavy atom. The molecule has 0 aliphatic heterocycles. The van der Waals surface area contributed by atoms with E-state index in [0.717, 1.165) is 12.8 Å². The van der Waals surface area contributed by atoms with E-state index in [4.69, 9.17) is 16.3 Å². The van der Waals surface area contributed by atoms with Gasteiger partial charge in [-0.15, -0.1) is 0 Å². The summed E-state index contributed by atoms with van der Waals surface area (Å²) < 4.78 is 5.54. The highest BCUT2D eigenvalue weighted by atomic mass is 35.5. The van der Waals surface area contributed by atoms with Gasteiger partial charge in [-0.05, 0) is 44.9 Å². The number of nitrogens with one attached hydrogen (secondary N) is 1. The Morgan fingerprint density at radius 3 is 2.61 bits per heavy atom. The predicted molar refractivity (Wildman–Crippen MR) is 73.2 cm³/mol. The van der Waals surface area contributed by atoms with Gasteiger partial charge in [0.25, 0.3) is 0 Å². The van der Waals surface area contributed by atoms with E-state index in [1.54, 1.807) is 12.1 Å². The van der Waals surface area contributed by atoms with Gasteiger partial charge in [0.05, 0.1) is 11.1 Å². The van der Waals surface area contributed by atoms with Crippen molar-refractivity contribution in [2.24, 2.45) is 5.41 Å². The fourth-order valence-electron chi connectivity index (χ4n) is 1.62. The van der Waals surface area contributed by atoms with Crippen molar-refractivity contribution in [2.45, 2.75) is 39.7 Å². The van der Waals surface area contributed by atoms with Crippen LogP contribution in [0, 0.1) is 5.41 Å². The standard InChI is InChI=1S/C14H18ClNO2/c1-9(2)18-12-5-4-10(8-11(12)15)16-13(17)14(3)6-7-14/h4-5,8-9H,6-7H2,1-3H3,(H,16,17). The van der Waals surface area contributed by atoms with E-state index in [1.807, 2.05) is 26.8 Å². The molecule has 1 fully saturated rings. The van der Waals surface area contributed by atoms with Crippen LogP contribution in [0.15, 0.2) is 18.2 Å². The van der Waals surface area contributed by atoms with Crippen molar-refractivity contribution in [3.8, 4) is 5.75 Å². The third-order valence-corrected chi connectivity index (χ3v) is 3.40. The molecule has 0 radical (unpaired) electrons. The smallest absolute Gasteiger partial charge is 0.230 e. The topological polar surface area (TPSA) is 38.3 Å². The van der Waals surface area contributed by atoms with Gasteiger partial charge in [0, 0.05) is 11.1 Å². The van der Waals surface area contributed by atoms with Crippen molar-refractivity contribution in [2.75, 3.05) is 5.32 Å². The van der Waals surface area contributed by atoms with Crippen LogP contribution >= 0.6 is 11.6 Å². The van der Waals surface area contributed by atoms with Crippen molar-refractivity contribution >= 4 is 23.2 Å². The van der Waals surface area contributed by atoms with Crippen LogP contribution in [-0.2, 0) is 4.79 Å². The molecule has 2 rings (SSSR count). The zero-order valence-corrected chi connectivity index (χ0v) is 11.7. The number of rotatable bonds is 4. The maximum atomic E-state index is 11.9. The molecule has 1 saturated carbocycles. The fourth-order valence-corrected chi connectivity index (χ4v) is 1.85. The molecule has 18 heavy (non-hydrogen) atoms. The molecule has 0 heterocycles. The molecule has 1 N–H and O–H groups in total. The Morgan fingerprint density at radius 2 is 2.11 bits per heavy atom. The van der Waals surface area contributed by atoms with Crippen LogP contribution in [0.25, 0.3) is 0 Å². The lowest BCUT2D eigenvalue weighted by molar-refractivity contribution is -0.120. The highest BCUT2D eigenvalue weighted by molar-refractivity contribution is 6.32. The Bertz CT molecular complexity index is 467. The molecule has 1 aliphatic carbocycles. The molecule has 1 aromatic rings. The molecule has 1 amide bonds. The van der Waals surface area contributed by atoms with Crippen molar-refractivity contribution in [3.63, 3.8) is 0 Å². The van der Waals surface area contributed by atoms with Crippen molar-refractivity contribution < 1.29 is 9.53 Å². The molecular weight excluding hydrogens is 250 g/mol. The summed E-state index contributed by atoms with van der Waals surface area (Å²) in [6.07, 6.45) is 2.00. The van der Waals surface area contributed by atoms with E-state index >= 15 is 0 Å². The van der Waals surface area contributed by atoms with Gasteiger partial charge in [-0.3, -0.25) is 4.79 Å². The zero-order chi connectivity index (χ0) is 13.3. The Labute approximate surface area is 112 Å². The summed E-state index contributed by atoms with van der Waals surface area (Å²) in [5.74, 6) is 0.707. The summed E-state index contributed by atoms with van der Waals surface area (Å²) >= 11 is 6.11. The van der Waals surface area contributed by atoms with Gasteiger partial charge in [0.15, 0.2) is 0 Å². The number of hydrogen-bond acceptors (Lipinski definition) is 2. The number of carbonyl (C=O) groups is 1. The van der Waals surface area contributed by atoms with Crippen LogP contribution in [0.4, 0.5) is 5.69 Å². The minimum absolute atomic E-state index is 0.0658. The molecule has 0 aromatic heterocycles. The quantitative estimate of drug-likeness (QED) is 0.899. The van der Waals surface area contributed by atoms with Gasteiger partial charge in [0.1, 0.15) is 5.75 Å². The second-order valence-corrected chi connectivity index (χ2v) is 5.73. The number of carbonyl (C=O) groups excluding carboxylic acids is 1. The molecule has 1 aliphatic rings. The van der Waals surface area contributed by atoms with Crippen LogP contribution in [0.5, 0.6) is 5.75 Å². The minimum Gasteiger partial charge on any atom is -0.489 e. The van der Waals surface area contributed by atoms with Gasteiger partial charge < -0.3 is 10.1 Å². The average molecular weight is 268 g/mol. The molecule has 3 nitrogen and oxygen atoms in total. The number of benzene rings is 1. The lowest BCUT2D eigenvalue weighted by atomic mass is 10.1. The number of halogens is 1. The Kier molecular flexibility index (Phi) is 3.53. The van der Waals surface area contributed by atoms with Gasteiger partial charge in [-0.2, -0.15) is 0 Å². The van der Waals surface area contributed by atoms with E-state index in [1.165, 1.54) is 0 Å². The van der Waals surface area contributed by atoms with E-state index in [9.17, 15) is 4.79 Å². The molecule has 1 aromatic carbocycles. The van der Waals surface area contributed by atoms with Crippen LogP contribution in [0.1, 0.15) is 33.6 Å². The lowest BCUT2D eigenvalue weighted by Crippen LogP contribution is -2.21. The molecule has 98 valence electrons. The predicted octanol–water partition coefficient (Wildman–Crippen LogP) is 3.87. The van der Waals surface area contributed by atoms with E-state index in [-0.39, 0.29) is 17.4 Å². The summed E-state index contributed by atoms with van der Waals surface area (Å²) in [6, 6.07) is 5.32. The van der Waals surface area contributed by atoms with Crippen LogP contribution in [0.3, 0.4) is 0 Å². The third kappa shape index (κ3) is 2.96. The second-order valence-electron chi connectivity index (χ2n) is 5.33. The number of amides is 1. The maximum absolute atomic E-state index is 11.9. The molecule has 0 bridgehead atoms. The second kappa shape index (κ2) is 4.81. The summed E-state index contributed by atoms with van der Waals surface area (Å²) in [5.41, 5.74) is 0.536. The first kappa shape index (κ1) is 13.2. The summed E-state index contributed by atoms with van der Waals surface area (Å²) in [5, 5.41) is 3.40. The number of hydrogen-bond donors (Lipinski definition) is 1. The fraction of sp³-hybridized carbons (Fsp3) is 0.500. The average Bonchev–Trinajstić information content (AvgIpc) is 3.01. The van der Waals surface area contributed by atoms with Crippen molar-refractivity contribution in [1.82, 2.24) is 0 Å². The molecule has 0 atom stereocenters. The summed E-state index contributed by atoms with van der Waals surface area (Å²) in [7, 11) is 0. The normalized spacial score (nSPS) is 16.5. The van der Waals surface area contributed by atoms with E-state index < -0.39 is 0 Å². The Balaban J connectivity index is 2.06. The van der Waals surface area contributed by atoms with E-state index in [2.05, 4.69) is 5.32 Å². The van der Waals surface area contributed by atoms with Crippen molar-refractivity contribution in [1.29, 1.82) is 0 Å².